The molecule has 27 heavy (non-hydrogen) atoms. The number of nitrogens with zero attached hydrogens (tertiary/aromatic N) is 2. The zero-order valence-corrected chi connectivity index (χ0v) is 15.7. The Bertz CT molecular complexity index is 879. The van der Waals surface area contributed by atoms with Gasteiger partial charge in [-0.2, -0.15) is 4.98 Å². The van der Waals surface area contributed by atoms with Gasteiger partial charge in [0.05, 0.1) is 27.4 Å². The third kappa shape index (κ3) is 4.69. The van der Waals surface area contributed by atoms with E-state index in [2.05, 4.69) is 22.4 Å². The Kier molecular flexibility index (Phi) is 6.14. The quantitative estimate of drug-likeness (QED) is 0.607. The number of hydrogen-bond acceptors (Lipinski definition) is 7. The lowest BCUT2D eigenvalue weighted by molar-refractivity contribution is 0.317. The second-order valence-electron chi connectivity index (χ2n) is 5.81. The number of ether oxygens (including phenoxy) is 3. The van der Waals surface area contributed by atoms with Crippen LogP contribution < -0.4 is 19.5 Å². The summed E-state index contributed by atoms with van der Waals surface area (Å²) in [5.74, 6) is 3.08. The minimum atomic E-state index is 0.414. The maximum absolute atomic E-state index is 5.64. The standard InChI is InChI=1S/C20H23N3O4/c1-4-10-26-16-7-5-6-15(12-16)21-13-19-22-20(23-27-19)14-8-9-17(24-2)18(11-14)25-3/h5-9,11-12,21H,4,10,13H2,1-3H3. The van der Waals surface area contributed by atoms with Crippen LogP contribution in [0.1, 0.15) is 19.2 Å². The number of hydrogen-bond donors (Lipinski definition) is 1. The minimum Gasteiger partial charge on any atom is -0.494 e. The van der Waals surface area contributed by atoms with Crippen molar-refractivity contribution in [1.29, 1.82) is 0 Å². The number of nitrogens with one attached hydrogen (secondary N) is 1. The number of benzene rings is 2. The van der Waals surface area contributed by atoms with E-state index in [4.69, 9.17) is 18.7 Å². The van der Waals surface area contributed by atoms with E-state index in [1.807, 2.05) is 42.5 Å². The Balaban J connectivity index is 1.66. The molecular weight excluding hydrogens is 346 g/mol. The Labute approximate surface area is 158 Å². The first-order valence-corrected chi connectivity index (χ1v) is 8.75. The smallest absolute Gasteiger partial charge is 0.246 e. The van der Waals surface area contributed by atoms with Crippen LogP contribution in [-0.4, -0.2) is 31.0 Å². The van der Waals surface area contributed by atoms with Gasteiger partial charge in [-0.25, -0.2) is 0 Å². The summed E-state index contributed by atoms with van der Waals surface area (Å²) >= 11 is 0. The van der Waals surface area contributed by atoms with Gasteiger partial charge in [-0.3, -0.25) is 0 Å². The molecule has 0 aliphatic carbocycles. The summed E-state index contributed by atoms with van der Waals surface area (Å²) in [4.78, 5) is 4.43. The normalized spacial score (nSPS) is 10.5. The van der Waals surface area contributed by atoms with E-state index in [0.717, 1.165) is 23.4 Å². The van der Waals surface area contributed by atoms with E-state index < -0.39 is 0 Å². The third-order valence-corrected chi connectivity index (χ3v) is 3.86. The first kappa shape index (κ1) is 18.6. The monoisotopic (exact) mass is 369 g/mol. The Morgan fingerprint density at radius 2 is 1.89 bits per heavy atom. The molecule has 0 spiro atoms. The van der Waals surface area contributed by atoms with Crippen molar-refractivity contribution in [1.82, 2.24) is 10.1 Å². The van der Waals surface area contributed by atoms with Gasteiger partial charge >= 0.3 is 0 Å². The second-order valence-corrected chi connectivity index (χ2v) is 5.81. The minimum absolute atomic E-state index is 0.414. The van der Waals surface area contributed by atoms with Crippen LogP contribution in [0.15, 0.2) is 47.0 Å². The highest BCUT2D eigenvalue weighted by Crippen LogP contribution is 2.31. The largest absolute Gasteiger partial charge is 0.494 e. The van der Waals surface area contributed by atoms with Crippen LogP contribution >= 0.6 is 0 Å². The molecule has 0 amide bonds. The molecular formula is C20H23N3O4. The molecule has 7 heteroatoms. The van der Waals surface area contributed by atoms with Crippen LogP contribution in [0.3, 0.4) is 0 Å². The van der Waals surface area contributed by atoms with E-state index in [1.54, 1.807) is 14.2 Å². The lowest BCUT2D eigenvalue weighted by atomic mass is 10.2. The highest BCUT2D eigenvalue weighted by atomic mass is 16.5. The molecule has 0 radical (unpaired) electrons. The molecule has 0 bridgehead atoms. The zero-order valence-electron chi connectivity index (χ0n) is 15.7. The van der Waals surface area contributed by atoms with Crippen LogP contribution in [-0.2, 0) is 6.54 Å². The second kappa shape index (κ2) is 8.93. The molecule has 7 nitrogen and oxygen atoms in total. The average molecular weight is 369 g/mol. The summed E-state index contributed by atoms with van der Waals surface area (Å²) < 4.78 is 21.5. The summed E-state index contributed by atoms with van der Waals surface area (Å²) in [5.41, 5.74) is 1.71. The van der Waals surface area contributed by atoms with Crippen molar-refractivity contribution in [2.75, 3.05) is 26.1 Å². The van der Waals surface area contributed by atoms with Gasteiger partial charge in [0.15, 0.2) is 11.5 Å². The zero-order chi connectivity index (χ0) is 19.1. The molecule has 0 aliphatic heterocycles. The van der Waals surface area contributed by atoms with E-state index in [-0.39, 0.29) is 0 Å². The van der Waals surface area contributed by atoms with E-state index in [0.29, 0.717) is 36.4 Å². The highest BCUT2D eigenvalue weighted by molar-refractivity contribution is 5.60. The number of anilines is 1. The molecule has 0 fully saturated rings. The van der Waals surface area contributed by atoms with Gasteiger partial charge in [0, 0.05) is 17.3 Å². The van der Waals surface area contributed by atoms with Crippen molar-refractivity contribution >= 4 is 5.69 Å². The van der Waals surface area contributed by atoms with Crippen molar-refractivity contribution in [3.63, 3.8) is 0 Å². The number of methoxy groups -OCH3 is 2. The molecule has 0 atom stereocenters. The Hall–Kier alpha value is -3.22. The van der Waals surface area contributed by atoms with Gasteiger partial charge < -0.3 is 24.1 Å². The fourth-order valence-electron chi connectivity index (χ4n) is 2.51. The van der Waals surface area contributed by atoms with Gasteiger partial charge in [0.2, 0.25) is 11.7 Å². The molecule has 0 saturated heterocycles. The lowest BCUT2D eigenvalue weighted by Gasteiger charge is -2.08. The first-order valence-electron chi connectivity index (χ1n) is 8.75. The van der Waals surface area contributed by atoms with Crippen LogP contribution in [0.25, 0.3) is 11.4 Å². The van der Waals surface area contributed by atoms with Crippen LogP contribution in [0.5, 0.6) is 17.2 Å². The van der Waals surface area contributed by atoms with Gasteiger partial charge in [-0.1, -0.05) is 18.1 Å². The summed E-state index contributed by atoms with van der Waals surface area (Å²) in [5, 5.41) is 7.30. The van der Waals surface area contributed by atoms with E-state index in [1.165, 1.54) is 0 Å². The lowest BCUT2D eigenvalue weighted by Crippen LogP contribution is -2.01. The molecule has 0 aliphatic rings. The van der Waals surface area contributed by atoms with Gasteiger partial charge in [-0.15, -0.1) is 0 Å². The number of aromatic nitrogens is 2. The van der Waals surface area contributed by atoms with Crippen molar-refractivity contribution in [3.8, 4) is 28.6 Å². The third-order valence-electron chi connectivity index (χ3n) is 3.86. The van der Waals surface area contributed by atoms with Gasteiger partial charge in [0.1, 0.15) is 5.75 Å². The first-order chi connectivity index (χ1) is 13.2. The van der Waals surface area contributed by atoms with Crippen molar-refractivity contribution in [2.45, 2.75) is 19.9 Å². The topological polar surface area (TPSA) is 78.6 Å². The maximum Gasteiger partial charge on any atom is 0.246 e. The summed E-state index contributed by atoms with van der Waals surface area (Å²) in [7, 11) is 3.18. The molecule has 0 saturated carbocycles. The molecule has 1 N–H and O–H groups in total. The fourth-order valence-corrected chi connectivity index (χ4v) is 2.51. The van der Waals surface area contributed by atoms with Gasteiger partial charge in [-0.05, 0) is 36.8 Å². The Morgan fingerprint density at radius 3 is 2.67 bits per heavy atom. The van der Waals surface area contributed by atoms with E-state index >= 15 is 0 Å². The molecule has 1 heterocycles. The Morgan fingerprint density at radius 1 is 1.04 bits per heavy atom. The summed E-state index contributed by atoms with van der Waals surface area (Å²) in [6.07, 6.45) is 0.971. The van der Waals surface area contributed by atoms with Crippen molar-refractivity contribution in [3.05, 3.63) is 48.4 Å². The molecule has 3 aromatic rings. The van der Waals surface area contributed by atoms with Crippen molar-refractivity contribution in [2.24, 2.45) is 0 Å². The molecule has 142 valence electrons. The van der Waals surface area contributed by atoms with Crippen LogP contribution in [0, 0.1) is 0 Å². The average Bonchev–Trinajstić information content (AvgIpc) is 3.19. The molecule has 2 aromatic carbocycles. The van der Waals surface area contributed by atoms with Gasteiger partial charge in [0.25, 0.3) is 0 Å². The summed E-state index contributed by atoms with van der Waals surface area (Å²) in [6.45, 7) is 3.19. The van der Waals surface area contributed by atoms with Crippen molar-refractivity contribution < 1.29 is 18.7 Å². The maximum atomic E-state index is 5.64. The predicted octanol–water partition coefficient (Wildman–Crippen LogP) is 4.15. The summed E-state index contributed by atoms with van der Waals surface area (Å²) in [6, 6.07) is 13.3. The SMILES string of the molecule is CCCOc1cccc(NCc2nc(-c3ccc(OC)c(OC)c3)no2)c1. The molecule has 1 aromatic heterocycles. The molecule has 0 unspecified atom stereocenters. The van der Waals surface area contributed by atoms with Crippen LogP contribution in [0.2, 0.25) is 0 Å². The fraction of sp³-hybridized carbons (Fsp3) is 0.300. The molecule has 3 rings (SSSR count). The van der Waals surface area contributed by atoms with E-state index in [9.17, 15) is 0 Å². The predicted molar refractivity (Wildman–Crippen MR) is 102 cm³/mol. The highest BCUT2D eigenvalue weighted by Gasteiger charge is 2.12. The van der Waals surface area contributed by atoms with Crippen LogP contribution in [0.4, 0.5) is 5.69 Å². The number of rotatable bonds is 9.